The maximum absolute atomic E-state index is 11.2. The Labute approximate surface area is 89.3 Å². The van der Waals surface area contributed by atoms with Crippen LogP contribution in [-0.2, 0) is 4.74 Å². The summed E-state index contributed by atoms with van der Waals surface area (Å²) in [7, 11) is 1.30. The van der Waals surface area contributed by atoms with Crippen LogP contribution in [0.1, 0.15) is 15.9 Å². The van der Waals surface area contributed by atoms with E-state index in [2.05, 4.69) is 25.8 Å². The van der Waals surface area contributed by atoms with E-state index < -0.39 is 5.97 Å². The maximum Gasteiger partial charge on any atom is 0.338 e. The van der Waals surface area contributed by atoms with Gasteiger partial charge < -0.3 is 9.94 Å². The van der Waals surface area contributed by atoms with Crippen LogP contribution in [0.5, 0.6) is 0 Å². The monoisotopic (exact) mass is 257 g/mol. The number of ether oxygens (including phenoxy) is 1. The summed E-state index contributed by atoms with van der Waals surface area (Å²) in [6.07, 6.45) is 1.18. The van der Waals surface area contributed by atoms with Gasteiger partial charge in [0.1, 0.15) is 0 Å². The summed E-state index contributed by atoms with van der Waals surface area (Å²) in [5.74, 6) is -0.465. The quantitative estimate of drug-likeness (QED) is 0.382. The van der Waals surface area contributed by atoms with Crippen LogP contribution in [0.4, 0.5) is 0 Å². The fourth-order valence-electron chi connectivity index (χ4n) is 0.998. The smallest absolute Gasteiger partial charge is 0.338 e. The molecule has 0 aromatic heterocycles. The molecule has 1 aromatic rings. The van der Waals surface area contributed by atoms with Gasteiger partial charge in [-0.15, -0.1) is 0 Å². The summed E-state index contributed by atoms with van der Waals surface area (Å²) in [5, 5.41) is 11.3. The topological polar surface area (TPSA) is 58.9 Å². The highest BCUT2D eigenvalue weighted by Crippen LogP contribution is 2.16. The number of oxime groups is 1. The normalized spacial score (nSPS) is 10.4. The van der Waals surface area contributed by atoms with Gasteiger partial charge in [-0.3, -0.25) is 0 Å². The molecule has 1 N–H and O–H groups in total. The number of hydrogen-bond donors (Lipinski definition) is 1. The number of nitrogens with zero attached hydrogens (tertiary/aromatic N) is 1. The van der Waals surface area contributed by atoms with Crippen molar-refractivity contribution in [3.05, 3.63) is 33.8 Å². The van der Waals surface area contributed by atoms with E-state index in [1.807, 2.05) is 0 Å². The molecule has 0 aliphatic carbocycles. The molecule has 0 atom stereocenters. The van der Waals surface area contributed by atoms with E-state index in [4.69, 9.17) is 5.21 Å². The number of carbonyl (C=O) groups is 1. The van der Waals surface area contributed by atoms with Crippen molar-refractivity contribution < 1.29 is 14.7 Å². The third kappa shape index (κ3) is 2.32. The first-order chi connectivity index (χ1) is 6.69. The van der Waals surface area contributed by atoms with Crippen LogP contribution in [0.2, 0.25) is 0 Å². The van der Waals surface area contributed by atoms with E-state index in [1.165, 1.54) is 13.3 Å². The van der Waals surface area contributed by atoms with Crippen LogP contribution in [0.25, 0.3) is 0 Å². The predicted octanol–water partition coefficient (Wildman–Crippen LogP) is 2.04. The van der Waals surface area contributed by atoms with Gasteiger partial charge in [-0.25, -0.2) is 4.79 Å². The Morgan fingerprint density at radius 3 is 2.93 bits per heavy atom. The Balaban J connectivity index is 3.21. The highest BCUT2D eigenvalue weighted by atomic mass is 79.9. The Morgan fingerprint density at radius 2 is 2.36 bits per heavy atom. The molecule has 4 nitrogen and oxygen atoms in total. The van der Waals surface area contributed by atoms with Crippen LogP contribution in [0, 0.1) is 0 Å². The Bertz CT molecular complexity index is 376. The summed E-state index contributed by atoms with van der Waals surface area (Å²) in [6.45, 7) is 0. The second kappa shape index (κ2) is 4.76. The lowest BCUT2D eigenvalue weighted by Crippen LogP contribution is -2.05. The number of halogens is 1. The minimum absolute atomic E-state index is 0.355. The molecule has 1 rings (SSSR count). The number of methoxy groups -OCH3 is 1. The van der Waals surface area contributed by atoms with Crippen molar-refractivity contribution in [3.8, 4) is 0 Å². The number of carbonyl (C=O) groups excluding carboxylic acids is 1. The zero-order chi connectivity index (χ0) is 10.6. The number of benzene rings is 1. The van der Waals surface area contributed by atoms with Crippen LogP contribution in [0.3, 0.4) is 0 Å². The van der Waals surface area contributed by atoms with E-state index >= 15 is 0 Å². The molecule has 0 unspecified atom stereocenters. The second-order valence-electron chi connectivity index (χ2n) is 2.47. The number of esters is 1. The van der Waals surface area contributed by atoms with E-state index in [0.29, 0.717) is 11.1 Å². The molecular formula is C9H8BrNO3. The van der Waals surface area contributed by atoms with Crippen LogP contribution in [0.15, 0.2) is 27.8 Å². The molecule has 74 valence electrons. The van der Waals surface area contributed by atoms with E-state index in [0.717, 1.165) is 4.47 Å². The first-order valence-electron chi connectivity index (χ1n) is 3.74. The van der Waals surface area contributed by atoms with Crippen molar-refractivity contribution >= 4 is 28.1 Å². The third-order valence-corrected chi connectivity index (χ3v) is 2.11. The molecule has 0 heterocycles. The Hall–Kier alpha value is -1.36. The highest BCUT2D eigenvalue weighted by Gasteiger charge is 2.10. The minimum Gasteiger partial charge on any atom is -0.465 e. The molecule has 0 saturated heterocycles. The third-order valence-electron chi connectivity index (χ3n) is 1.62. The SMILES string of the molecule is COC(=O)c1ccc(Br)cc1/C=N/O. The van der Waals surface area contributed by atoms with Gasteiger partial charge in [0.05, 0.1) is 18.9 Å². The summed E-state index contributed by atoms with van der Waals surface area (Å²) >= 11 is 3.24. The van der Waals surface area contributed by atoms with Crippen molar-refractivity contribution in [1.82, 2.24) is 0 Å². The lowest BCUT2D eigenvalue weighted by atomic mass is 10.1. The van der Waals surface area contributed by atoms with Crippen molar-refractivity contribution in [3.63, 3.8) is 0 Å². The molecule has 0 aliphatic heterocycles. The summed E-state index contributed by atoms with van der Waals surface area (Å²) in [6, 6.07) is 4.96. The summed E-state index contributed by atoms with van der Waals surface area (Å²) in [4.78, 5) is 11.2. The van der Waals surface area contributed by atoms with Gasteiger partial charge in [0.15, 0.2) is 0 Å². The van der Waals surface area contributed by atoms with Crippen molar-refractivity contribution in [2.24, 2.45) is 5.16 Å². The van der Waals surface area contributed by atoms with Gasteiger partial charge >= 0.3 is 5.97 Å². The molecule has 0 bridgehead atoms. The Morgan fingerprint density at radius 1 is 1.64 bits per heavy atom. The standard InChI is InChI=1S/C9H8BrNO3/c1-14-9(12)8-3-2-7(10)4-6(8)5-11-13/h2-5,13H,1H3/b11-5+. The lowest BCUT2D eigenvalue weighted by Gasteiger charge is -2.03. The minimum atomic E-state index is -0.465. The van der Waals surface area contributed by atoms with Gasteiger partial charge in [-0.1, -0.05) is 21.1 Å². The second-order valence-corrected chi connectivity index (χ2v) is 3.38. The van der Waals surface area contributed by atoms with Crippen LogP contribution >= 0.6 is 15.9 Å². The van der Waals surface area contributed by atoms with Gasteiger partial charge in [0.25, 0.3) is 0 Å². The molecule has 1 aromatic carbocycles. The van der Waals surface area contributed by atoms with Crippen molar-refractivity contribution in [2.45, 2.75) is 0 Å². The molecule has 0 fully saturated rings. The first kappa shape index (κ1) is 10.7. The number of hydrogen-bond acceptors (Lipinski definition) is 4. The predicted molar refractivity (Wildman–Crippen MR) is 54.9 cm³/mol. The van der Waals surface area contributed by atoms with Gasteiger partial charge in [0.2, 0.25) is 0 Å². The molecule has 0 spiro atoms. The van der Waals surface area contributed by atoms with Crippen molar-refractivity contribution in [2.75, 3.05) is 7.11 Å². The van der Waals surface area contributed by atoms with Crippen molar-refractivity contribution in [1.29, 1.82) is 0 Å². The molecule has 0 saturated carbocycles. The van der Waals surface area contributed by atoms with Crippen LogP contribution < -0.4 is 0 Å². The average Bonchev–Trinajstić information content (AvgIpc) is 2.17. The zero-order valence-corrected chi connectivity index (χ0v) is 8.98. The molecule has 14 heavy (non-hydrogen) atoms. The molecule has 5 heteroatoms. The summed E-state index contributed by atoms with van der Waals surface area (Å²) < 4.78 is 5.36. The molecule has 0 amide bonds. The van der Waals surface area contributed by atoms with E-state index in [1.54, 1.807) is 18.2 Å². The largest absolute Gasteiger partial charge is 0.465 e. The number of rotatable bonds is 2. The van der Waals surface area contributed by atoms with Gasteiger partial charge in [-0.2, -0.15) is 0 Å². The van der Waals surface area contributed by atoms with Gasteiger partial charge in [0, 0.05) is 10.0 Å². The zero-order valence-electron chi connectivity index (χ0n) is 7.40. The highest BCUT2D eigenvalue weighted by molar-refractivity contribution is 9.10. The fourth-order valence-corrected chi connectivity index (χ4v) is 1.38. The maximum atomic E-state index is 11.2. The van der Waals surface area contributed by atoms with E-state index in [-0.39, 0.29) is 0 Å². The average molecular weight is 258 g/mol. The van der Waals surface area contributed by atoms with Gasteiger partial charge in [-0.05, 0) is 18.2 Å². The summed E-state index contributed by atoms with van der Waals surface area (Å²) in [5.41, 5.74) is 0.849. The fraction of sp³-hybridized carbons (Fsp3) is 0.111. The molecule has 0 radical (unpaired) electrons. The van der Waals surface area contributed by atoms with E-state index in [9.17, 15) is 4.79 Å². The first-order valence-corrected chi connectivity index (χ1v) is 4.53. The lowest BCUT2D eigenvalue weighted by molar-refractivity contribution is 0.0600. The van der Waals surface area contributed by atoms with Crippen LogP contribution in [-0.4, -0.2) is 24.5 Å². The molecule has 0 aliphatic rings. The molecular weight excluding hydrogens is 250 g/mol. The Kier molecular flexibility index (Phi) is 3.64.